The Morgan fingerprint density at radius 3 is 2.70 bits per heavy atom. The third-order valence-corrected chi connectivity index (χ3v) is 10.7. The fraction of sp³-hybridized carbons (Fsp3) is 0.808. The lowest BCUT2D eigenvalue weighted by atomic mass is 9.45. The second-order valence-corrected chi connectivity index (χ2v) is 12.6. The van der Waals surface area contributed by atoms with Crippen molar-refractivity contribution < 1.29 is 24.2 Å². The lowest BCUT2D eigenvalue weighted by Gasteiger charge is -2.60. The molecule has 0 heterocycles. The predicted octanol–water partition coefficient (Wildman–Crippen LogP) is 4.72. The molecule has 0 bridgehead atoms. The van der Waals surface area contributed by atoms with Crippen molar-refractivity contribution in [2.75, 3.05) is 17.4 Å². The highest BCUT2D eigenvalue weighted by Gasteiger charge is 2.70. The fourth-order valence-corrected chi connectivity index (χ4v) is 8.83. The van der Waals surface area contributed by atoms with E-state index in [1.54, 1.807) is 11.8 Å². The van der Waals surface area contributed by atoms with Crippen LogP contribution < -0.4 is 0 Å². The van der Waals surface area contributed by atoms with Crippen LogP contribution in [0, 0.1) is 28.6 Å². The lowest BCUT2D eigenvalue weighted by Crippen LogP contribution is -2.63. The number of Topliss-reactive ketones (excluding diaryl/α,β-unsaturated/α-hetero) is 1. The third-order valence-electron chi connectivity index (χ3n) is 9.53. The van der Waals surface area contributed by atoms with Gasteiger partial charge in [0.15, 0.2) is 17.2 Å². The summed E-state index contributed by atoms with van der Waals surface area (Å²) in [7, 11) is 0. The molecule has 0 radical (unpaired) electrons. The molecule has 0 amide bonds. The number of thioether (sulfide) groups is 1. The van der Waals surface area contributed by atoms with Gasteiger partial charge in [-0.25, -0.2) is 0 Å². The summed E-state index contributed by atoms with van der Waals surface area (Å²) in [5, 5.41) is 11.6. The maximum atomic E-state index is 13.3. The molecule has 7 heteroatoms. The van der Waals surface area contributed by atoms with Crippen LogP contribution in [0.15, 0.2) is 11.6 Å². The van der Waals surface area contributed by atoms with Crippen LogP contribution >= 0.6 is 23.4 Å². The second kappa shape index (κ2) is 9.31. The first-order valence-electron chi connectivity index (χ1n) is 12.4. The van der Waals surface area contributed by atoms with Crippen LogP contribution in [-0.2, 0) is 19.1 Å². The summed E-state index contributed by atoms with van der Waals surface area (Å²) in [6.45, 7) is 6.30. The minimum atomic E-state index is -1.26. The molecule has 1 N–H and O–H groups in total. The summed E-state index contributed by atoms with van der Waals surface area (Å²) in [6.07, 6.45) is 6.20. The zero-order valence-electron chi connectivity index (χ0n) is 20.0. The number of carbonyl (C=O) groups is 3. The highest BCUT2D eigenvalue weighted by atomic mass is 35.5. The van der Waals surface area contributed by atoms with E-state index in [0.29, 0.717) is 25.0 Å². The van der Waals surface area contributed by atoms with Crippen molar-refractivity contribution in [2.45, 2.75) is 83.8 Å². The molecule has 0 spiro atoms. The highest BCUT2D eigenvalue weighted by Crippen LogP contribution is 2.68. The number of hydrogen-bond donors (Lipinski definition) is 1. The molecule has 4 aliphatic carbocycles. The minimum absolute atomic E-state index is 0.0576. The van der Waals surface area contributed by atoms with Crippen molar-refractivity contribution in [3.63, 3.8) is 0 Å². The maximum absolute atomic E-state index is 13.3. The number of aliphatic hydroxyl groups excluding tert-OH is 1. The van der Waals surface area contributed by atoms with Crippen LogP contribution in [0.5, 0.6) is 0 Å². The van der Waals surface area contributed by atoms with Crippen LogP contribution in [0.25, 0.3) is 0 Å². The SMILES string of the molecule is CCSCCC(=O)O[C@]1(C(=O)CCl)CC[C@H]2[C@@H]3CCC4=CC(=O)CC[C@]4(C)[C@H]3[C@@H](O)C[C@@]21C. The number of aliphatic hydroxyl groups is 1. The molecule has 5 nitrogen and oxygen atoms in total. The van der Waals surface area contributed by atoms with Crippen molar-refractivity contribution in [2.24, 2.45) is 28.6 Å². The van der Waals surface area contributed by atoms with E-state index in [-0.39, 0.29) is 53.0 Å². The van der Waals surface area contributed by atoms with Crippen LogP contribution in [0.3, 0.4) is 0 Å². The van der Waals surface area contributed by atoms with Crippen LogP contribution in [0.1, 0.15) is 72.1 Å². The molecule has 7 atom stereocenters. The molecule has 184 valence electrons. The van der Waals surface area contributed by atoms with E-state index in [1.807, 2.05) is 19.9 Å². The molecule has 0 aliphatic heterocycles. The van der Waals surface area contributed by atoms with Crippen LogP contribution in [-0.4, -0.2) is 51.7 Å². The van der Waals surface area contributed by atoms with Gasteiger partial charge in [0.25, 0.3) is 0 Å². The molecule has 0 aromatic carbocycles. The number of rotatable bonds is 7. The van der Waals surface area contributed by atoms with Gasteiger partial charge >= 0.3 is 5.97 Å². The van der Waals surface area contributed by atoms with Gasteiger partial charge in [0.05, 0.1) is 18.4 Å². The van der Waals surface area contributed by atoms with E-state index in [4.69, 9.17) is 16.3 Å². The van der Waals surface area contributed by atoms with Crippen molar-refractivity contribution in [1.82, 2.24) is 0 Å². The summed E-state index contributed by atoms with van der Waals surface area (Å²) in [5.41, 5.74) is -0.912. The molecule has 33 heavy (non-hydrogen) atoms. The van der Waals surface area contributed by atoms with E-state index < -0.39 is 17.1 Å². The van der Waals surface area contributed by atoms with Crippen LogP contribution in [0.2, 0.25) is 0 Å². The van der Waals surface area contributed by atoms with Gasteiger partial charge in [-0.3, -0.25) is 14.4 Å². The quantitative estimate of drug-likeness (QED) is 0.312. The minimum Gasteiger partial charge on any atom is -0.450 e. The first-order chi connectivity index (χ1) is 15.6. The summed E-state index contributed by atoms with van der Waals surface area (Å²) in [4.78, 5) is 38.2. The van der Waals surface area contributed by atoms with Gasteiger partial charge in [-0.1, -0.05) is 26.3 Å². The zero-order chi connectivity index (χ0) is 24.0. The van der Waals surface area contributed by atoms with Gasteiger partial charge in [-0.05, 0) is 73.5 Å². The Bertz CT molecular complexity index is 858. The van der Waals surface area contributed by atoms with Crippen molar-refractivity contribution in [3.8, 4) is 0 Å². The molecule has 0 unspecified atom stereocenters. The fourth-order valence-electron chi connectivity index (χ4n) is 8.01. The number of allylic oxidation sites excluding steroid dienone is 1. The van der Waals surface area contributed by atoms with Gasteiger partial charge in [-0.2, -0.15) is 11.8 Å². The summed E-state index contributed by atoms with van der Waals surface area (Å²) in [6, 6.07) is 0. The molecule has 0 saturated heterocycles. The molecular formula is C26H37ClO5S. The van der Waals surface area contributed by atoms with Crippen molar-refractivity contribution in [1.29, 1.82) is 0 Å². The van der Waals surface area contributed by atoms with Gasteiger partial charge in [0.1, 0.15) is 0 Å². The molecular weight excluding hydrogens is 460 g/mol. The van der Waals surface area contributed by atoms with E-state index >= 15 is 0 Å². The van der Waals surface area contributed by atoms with Gasteiger partial charge < -0.3 is 9.84 Å². The molecule has 4 aliphatic rings. The number of hydrogen-bond acceptors (Lipinski definition) is 6. The first kappa shape index (κ1) is 25.2. The molecule has 3 saturated carbocycles. The van der Waals surface area contributed by atoms with E-state index in [1.165, 1.54) is 5.57 Å². The molecule has 0 aromatic rings. The molecule has 4 rings (SSSR count). The highest BCUT2D eigenvalue weighted by molar-refractivity contribution is 7.99. The molecule has 0 aromatic heterocycles. The number of ketones is 2. The summed E-state index contributed by atoms with van der Waals surface area (Å²) in [5.74, 6) is 1.46. The number of fused-ring (bicyclic) bond motifs is 5. The monoisotopic (exact) mass is 496 g/mol. The predicted molar refractivity (Wildman–Crippen MR) is 130 cm³/mol. The van der Waals surface area contributed by atoms with Crippen molar-refractivity contribution >= 4 is 40.9 Å². The Balaban J connectivity index is 1.66. The van der Waals surface area contributed by atoms with Gasteiger partial charge in [0.2, 0.25) is 0 Å². The number of carbonyl (C=O) groups excluding carboxylic acids is 3. The smallest absolute Gasteiger partial charge is 0.307 e. The Hall–Kier alpha value is -0.850. The number of halogens is 1. The standard InChI is InChI=1S/C26H37ClO5S/c1-4-33-12-9-22(31)32-26(21(30)15-27)11-8-19-18-6-5-16-13-17(28)7-10-24(16,2)23(18)20(29)14-25(19,26)3/h13,18-20,23,29H,4-12,14-15H2,1-3H3/t18-,19-,20-,23+,24-,25-,26-/m0/s1. The number of alkyl halides is 1. The molecule has 3 fully saturated rings. The average Bonchev–Trinajstić information content (AvgIpc) is 3.06. The summed E-state index contributed by atoms with van der Waals surface area (Å²) >= 11 is 7.75. The Morgan fingerprint density at radius 1 is 1.24 bits per heavy atom. The topological polar surface area (TPSA) is 80.7 Å². The maximum Gasteiger partial charge on any atom is 0.307 e. The Morgan fingerprint density at radius 2 is 2.00 bits per heavy atom. The van der Waals surface area contributed by atoms with E-state index in [2.05, 4.69) is 6.92 Å². The summed E-state index contributed by atoms with van der Waals surface area (Å²) < 4.78 is 6.09. The largest absolute Gasteiger partial charge is 0.450 e. The van der Waals surface area contributed by atoms with E-state index in [0.717, 1.165) is 31.4 Å². The van der Waals surface area contributed by atoms with E-state index in [9.17, 15) is 19.5 Å². The first-order valence-corrected chi connectivity index (χ1v) is 14.1. The normalized spacial score (nSPS) is 42.1. The Labute approximate surface area is 206 Å². The van der Waals surface area contributed by atoms with Crippen molar-refractivity contribution in [3.05, 3.63) is 11.6 Å². The average molecular weight is 497 g/mol. The second-order valence-electron chi connectivity index (χ2n) is 10.9. The number of ether oxygens (including phenoxy) is 1. The zero-order valence-corrected chi connectivity index (χ0v) is 21.6. The van der Waals surface area contributed by atoms with Gasteiger partial charge in [-0.15, -0.1) is 11.6 Å². The van der Waals surface area contributed by atoms with Gasteiger partial charge in [0, 0.05) is 17.6 Å². The Kier molecular flexibility index (Phi) is 7.12. The lowest BCUT2D eigenvalue weighted by molar-refractivity contribution is -0.199. The third kappa shape index (κ3) is 3.92. The van der Waals surface area contributed by atoms with Crippen LogP contribution in [0.4, 0.5) is 0 Å². The number of esters is 1.